The second kappa shape index (κ2) is 11.4. The molecule has 0 aliphatic carbocycles. The second-order valence-electron chi connectivity index (χ2n) is 8.73. The van der Waals surface area contributed by atoms with Crippen LogP contribution in [0.25, 0.3) is 0 Å². The normalized spacial score (nSPS) is 16.3. The van der Waals surface area contributed by atoms with Crippen LogP contribution < -0.4 is 16.0 Å². The Morgan fingerprint density at radius 3 is 2.35 bits per heavy atom. The van der Waals surface area contributed by atoms with E-state index in [0.29, 0.717) is 11.1 Å². The summed E-state index contributed by atoms with van der Waals surface area (Å²) in [6.45, 7) is 7.32. The van der Waals surface area contributed by atoms with Crippen LogP contribution in [0.1, 0.15) is 43.5 Å². The molecule has 1 heterocycles. The van der Waals surface area contributed by atoms with Gasteiger partial charge in [0.05, 0.1) is 11.7 Å². The Hall–Kier alpha value is -2.97. The fourth-order valence-corrected chi connectivity index (χ4v) is 3.96. The zero-order valence-electron chi connectivity index (χ0n) is 20.0. The number of carbonyl (C=O) groups is 3. The van der Waals surface area contributed by atoms with Gasteiger partial charge >= 0.3 is 0 Å². The van der Waals surface area contributed by atoms with E-state index in [4.69, 9.17) is 0 Å². The number of hydrogen-bond donors (Lipinski definition) is 3. The van der Waals surface area contributed by atoms with Gasteiger partial charge in [0.25, 0.3) is 5.91 Å². The first-order valence-corrected chi connectivity index (χ1v) is 11.1. The van der Waals surface area contributed by atoms with Crippen molar-refractivity contribution < 1.29 is 18.8 Å². The van der Waals surface area contributed by atoms with Crippen LogP contribution in [-0.2, 0) is 20.9 Å². The third kappa shape index (κ3) is 5.56. The van der Waals surface area contributed by atoms with Gasteiger partial charge in [-0.05, 0) is 49.6 Å². The molecule has 34 heavy (non-hydrogen) atoms. The van der Waals surface area contributed by atoms with Crippen molar-refractivity contribution in [1.29, 1.82) is 0 Å². The maximum absolute atomic E-state index is 14.4. The molecule has 2 unspecified atom stereocenters. The molecule has 1 aliphatic heterocycles. The molecule has 0 saturated heterocycles. The van der Waals surface area contributed by atoms with E-state index >= 15 is 0 Å². The fraction of sp³-hybridized carbons (Fsp3) is 0.400. The lowest BCUT2D eigenvalue weighted by molar-refractivity contribution is -0.143. The van der Waals surface area contributed by atoms with E-state index in [0.717, 1.165) is 5.56 Å². The maximum Gasteiger partial charge on any atom is 0.251 e. The predicted molar refractivity (Wildman–Crippen MR) is 132 cm³/mol. The molecule has 0 fully saturated rings. The highest BCUT2D eigenvalue weighted by molar-refractivity contribution is 6.00. The summed E-state index contributed by atoms with van der Waals surface area (Å²) in [5, 5.41) is 8.35. The number of aryl methyl sites for hydroxylation is 1. The number of hydrogen-bond acceptors (Lipinski definition) is 4. The molecule has 1 aliphatic rings. The van der Waals surface area contributed by atoms with E-state index in [1.807, 2.05) is 26.0 Å². The Kier molecular flexibility index (Phi) is 9.18. The Morgan fingerprint density at radius 2 is 1.74 bits per heavy atom. The summed E-state index contributed by atoms with van der Waals surface area (Å²) in [5.41, 5.74) is 2.21. The summed E-state index contributed by atoms with van der Waals surface area (Å²) in [6, 6.07) is 9.65. The zero-order chi connectivity index (χ0) is 24.3. The average molecular weight is 491 g/mol. The van der Waals surface area contributed by atoms with E-state index < -0.39 is 29.8 Å². The highest BCUT2D eigenvalue weighted by atomic mass is 35.5. The molecule has 0 spiro atoms. The minimum absolute atomic E-state index is 0. The first kappa shape index (κ1) is 27.3. The molecule has 9 heteroatoms. The molecular weight excluding hydrogens is 459 g/mol. The molecule has 3 atom stereocenters. The van der Waals surface area contributed by atoms with Crippen LogP contribution in [0.4, 0.5) is 10.1 Å². The van der Waals surface area contributed by atoms with Crippen LogP contribution in [0.15, 0.2) is 42.5 Å². The first-order valence-electron chi connectivity index (χ1n) is 11.1. The van der Waals surface area contributed by atoms with Gasteiger partial charge < -0.3 is 20.9 Å². The predicted octanol–water partition coefficient (Wildman–Crippen LogP) is 3.33. The number of benzene rings is 2. The van der Waals surface area contributed by atoms with E-state index in [9.17, 15) is 18.8 Å². The standard InChI is InChI=1S/C25H31FN4O3.ClH/c1-14(2)20(28-23(31)16(4)27-5)25(33)30-13-17-10-6-7-11-18(17)22(30)24(32)29-21-15(3)9-8-12-19(21)26;/h6-12,14,16,20,22,27H,13H2,1-5H3,(H,28,31)(H,29,32);1H/t16?,20?,22-;/m0./s1. The lowest BCUT2D eigenvalue weighted by Crippen LogP contribution is -2.55. The summed E-state index contributed by atoms with van der Waals surface area (Å²) >= 11 is 0. The summed E-state index contributed by atoms with van der Waals surface area (Å²) < 4.78 is 14.4. The van der Waals surface area contributed by atoms with E-state index in [1.54, 1.807) is 45.2 Å². The summed E-state index contributed by atoms with van der Waals surface area (Å²) in [4.78, 5) is 41.0. The maximum atomic E-state index is 14.4. The highest BCUT2D eigenvalue weighted by Gasteiger charge is 2.42. The number of para-hydroxylation sites is 1. The minimum Gasteiger partial charge on any atom is -0.343 e. The van der Waals surface area contributed by atoms with Gasteiger partial charge in [0, 0.05) is 6.54 Å². The van der Waals surface area contributed by atoms with Crippen molar-refractivity contribution in [3.8, 4) is 0 Å². The largest absolute Gasteiger partial charge is 0.343 e. The Bertz CT molecular complexity index is 1040. The van der Waals surface area contributed by atoms with Crippen LogP contribution in [0, 0.1) is 18.7 Å². The third-order valence-electron chi connectivity index (χ3n) is 6.06. The zero-order valence-corrected chi connectivity index (χ0v) is 20.8. The fourth-order valence-electron chi connectivity index (χ4n) is 3.96. The van der Waals surface area contributed by atoms with Crippen molar-refractivity contribution in [2.24, 2.45) is 5.92 Å². The quantitative estimate of drug-likeness (QED) is 0.555. The van der Waals surface area contributed by atoms with E-state index in [-0.39, 0.29) is 42.4 Å². The molecular formula is C25H32ClFN4O3. The molecule has 184 valence electrons. The monoisotopic (exact) mass is 490 g/mol. The van der Waals surface area contributed by atoms with Gasteiger partial charge in [-0.25, -0.2) is 4.39 Å². The van der Waals surface area contributed by atoms with E-state index in [2.05, 4.69) is 16.0 Å². The molecule has 2 aromatic rings. The van der Waals surface area contributed by atoms with Crippen LogP contribution in [-0.4, -0.2) is 41.8 Å². The van der Waals surface area contributed by atoms with Crippen molar-refractivity contribution >= 4 is 35.8 Å². The molecule has 3 amide bonds. The van der Waals surface area contributed by atoms with Gasteiger partial charge in [-0.1, -0.05) is 50.2 Å². The molecule has 0 aromatic heterocycles. The number of halogens is 2. The van der Waals surface area contributed by atoms with Crippen LogP contribution in [0.3, 0.4) is 0 Å². The molecule has 3 rings (SSSR count). The third-order valence-corrected chi connectivity index (χ3v) is 6.06. The van der Waals surface area contributed by atoms with Gasteiger partial charge in [-0.3, -0.25) is 14.4 Å². The van der Waals surface area contributed by atoms with Crippen molar-refractivity contribution in [3.63, 3.8) is 0 Å². The van der Waals surface area contributed by atoms with Gasteiger partial charge in [0.2, 0.25) is 11.8 Å². The number of likely N-dealkylation sites (N-methyl/N-ethyl adjacent to an activating group) is 1. The van der Waals surface area contributed by atoms with Crippen molar-refractivity contribution in [2.75, 3.05) is 12.4 Å². The summed E-state index contributed by atoms with van der Waals surface area (Å²) in [7, 11) is 1.67. The number of carbonyl (C=O) groups excluding carboxylic acids is 3. The number of rotatable bonds is 7. The lowest BCUT2D eigenvalue weighted by atomic mass is 10.0. The number of amides is 3. The van der Waals surface area contributed by atoms with Crippen molar-refractivity contribution in [3.05, 3.63) is 65.0 Å². The Balaban J connectivity index is 0.00000408. The number of nitrogens with zero attached hydrogens (tertiary/aromatic N) is 1. The van der Waals surface area contributed by atoms with Crippen LogP contribution >= 0.6 is 12.4 Å². The van der Waals surface area contributed by atoms with Crippen LogP contribution in [0.5, 0.6) is 0 Å². The number of fused-ring (bicyclic) bond motifs is 1. The topological polar surface area (TPSA) is 90.5 Å². The molecule has 3 N–H and O–H groups in total. The van der Waals surface area contributed by atoms with Crippen LogP contribution in [0.2, 0.25) is 0 Å². The number of nitrogens with one attached hydrogen (secondary N) is 3. The Morgan fingerprint density at radius 1 is 1.06 bits per heavy atom. The van der Waals surface area contributed by atoms with Crippen molar-refractivity contribution in [2.45, 2.75) is 52.4 Å². The summed E-state index contributed by atoms with van der Waals surface area (Å²) in [5.74, 6) is -1.90. The Labute approximate surface area is 205 Å². The van der Waals surface area contributed by atoms with Crippen molar-refractivity contribution in [1.82, 2.24) is 15.5 Å². The summed E-state index contributed by atoms with van der Waals surface area (Å²) in [6.07, 6.45) is 0. The van der Waals surface area contributed by atoms with Gasteiger partial charge in [-0.2, -0.15) is 0 Å². The molecule has 7 nitrogen and oxygen atoms in total. The number of anilines is 1. The average Bonchev–Trinajstić information content (AvgIpc) is 3.18. The second-order valence-corrected chi connectivity index (χ2v) is 8.73. The molecule has 2 aromatic carbocycles. The smallest absolute Gasteiger partial charge is 0.251 e. The van der Waals surface area contributed by atoms with Gasteiger partial charge in [0.1, 0.15) is 17.9 Å². The highest BCUT2D eigenvalue weighted by Crippen LogP contribution is 2.36. The minimum atomic E-state index is -0.937. The lowest BCUT2D eigenvalue weighted by Gasteiger charge is -2.31. The van der Waals surface area contributed by atoms with Gasteiger partial charge in [-0.15, -0.1) is 12.4 Å². The SMILES string of the molecule is CNC(C)C(=O)NC(C(=O)N1Cc2ccccc2[C@H]1C(=O)Nc1c(C)cccc1F)C(C)C.Cl. The van der Waals surface area contributed by atoms with Gasteiger partial charge in [0.15, 0.2) is 0 Å². The molecule has 0 radical (unpaired) electrons. The molecule has 0 bridgehead atoms. The van der Waals surface area contributed by atoms with E-state index in [1.165, 1.54) is 11.0 Å². The first-order chi connectivity index (χ1) is 15.6. The molecule has 0 saturated carbocycles.